The van der Waals surface area contributed by atoms with E-state index in [4.69, 9.17) is 0 Å². The smallest absolute Gasteiger partial charge is 0.0350 e. The fraction of sp³-hybridized carbons (Fsp3) is 1.00. The Labute approximate surface area is 139 Å². The lowest BCUT2D eigenvalue weighted by atomic mass is 9.63. The van der Waals surface area contributed by atoms with Gasteiger partial charge in [-0.05, 0) is 73.5 Å². The second-order valence-electron chi connectivity index (χ2n) is 9.41. The van der Waals surface area contributed by atoms with Crippen LogP contribution in [0.4, 0.5) is 0 Å². The standard InChI is InChI=1S/C22H40/c1-4-8-16(2)13-18-14-17(3)20-11-12-21(22(20)15-18)19-9-6-5-7-10-19/h16-22H,4-15H2,1-3H3. The van der Waals surface area contributed by atoms with Gasteiger partial charge in [-0.1, -0.05) is 65.7 Å². The summed E-state index contributed by atoms with van der Waals surface area (Å²) in [5.41, 5.74) is 0. The van der Waals surface area contributed by atoms with Gasteiger partial charge in [0.2, 0.25) is 0 Å². The van der Waals surface area contributed by atoms with Crippen molar-refractivity contribution in [3.63, 3.8) is 0 Å². The molecule has 3 aliphatic rings. The molecule has 0 radical (unpaired) electrons. The van der Waals surface area contributed by atoms with E-state index in [-0.39, 0.29) is 0 Å². The van der Waals surface area contributed by atoms with Gasteiger partial charge in [-0.15, -0.1) is 0 Å². The SMILES string of the molecule is CCCC(C)CC1CC(C)C2CCC(C3CCCCC3)C2C1. The fourth-order valence-corrected chi connectivity index (χ4v) is 6.89. The van der Waals surface area contributed by atoms with E-state index in [1.807, 2.05) is 0 Å². The van der Waals surface area contributed by atoms with Crippen LogP contribution in [0, 0.1) is 41.4 Å². The van der Waals surface area contributed by atoms with Crippen LogP contribution in [-0.4, -0.2) is 0 Å². The number of fused-ring (bicyclic) bond motifs is 1. The maximum atomic E-state index is 2.59. The second kappa shape index (κ2) is 7.71. The van der Waals surface area contributed by atoms with Crippen molar-refractivity contribution in [2.75, 3.05) is 0 Å². The lowest BCUT2D eigenvalue weighted by Crippen LogP contribution is -2.34. The summed E-state index contributed by atoms with van der Waals surface area (Å²) >= 11 is 0. The Morgan fingerprint density at radius 3 is 2.32 bits per heavy atom. The molecular weight excluding hydrogens is 264 g/mol. The normalized spacial score (nSPS) is 41.3. The van der Waals surface area contributed by atoms with Crippen LogP contribution >= 0.6 is 0 Å². The van der Waals surface area contributed by atoms with Gasteiger partial charge in [0, 0.05) is 0 Å². The zero-order chi connectivity index (χ0) is 15.5. The molecule has 0 N–H and O–H groups in total. The molecular formula is C22H40. The van der Waals surface area contributed by atoms with Gasteiger partial charge in [-0.3, -0.25) is 0 Å². The third kappa shape index (κ3) is 3.73. The van der Waals surface area contributed by atoms with E-state index in [0.717, 1.165) is 41.4 Å². The third-order valence-corrected chi connectivity index (χ3v) is 7.75. The van der Waals surface area contributed by atoms with Crippen LogP contribution in [0.15, 0.2) is 0 Å². The predicted octanol–water partition coefficient (Wildman–Crippen LogP) is 7.08. The molecule has 0 aliphatic heterocycles. The molecule has 0 aromatic rings. The van der Waals surface area contributed by atoms with Crippen LogP contribution in [0.25, 0.3) is 0 Å². The zero-order valence-corrected chi connectivity index (χ0v) is 15.5. The first-order chi connectivity index (χ1) is 10.7. The summed E-state index contributed by atoms with van der Waals surface area (Å²) in [5.74, 6) is 7.50. The largest absolute Gasteiger partial charge is 0.0654 e. The van der Waals surface area contributed by atoms with Gasteiger partial charge in [0.25, 0.3) is 0 Å². The molecule has 0 heteroatoms. The lowest BCUT2D eigenvalue weighted by Gasteiger charge is -2.42. The van der Waals surface area contributed by atoms with Gasteiger partial charge in [0.05, 0.1) is 0 Å². The van der Waals surface area contributed by atoms with E-state index in [1.165, 1.54) is 38.5 Å². The van der Waals surface area contributed by atoms with E-state index >= 15 is 0 Å². The van der Waals surface area contributed by atoms with Crippen molar-refractivity contribution in [1.82, 2.24) is 0 Å². The van der Waals surface area contributed by atoms with Crippen molar-refractivity contribution in [2.24, 2.45) is 41.4 Å². The molecule has 0 spiro atoms. The first kappa shape index (κ1) is 16.8. The van der Waals surface area contributed by atoms with E-state index < -0.39 is 0 Å². The van der Waals surface area contributed by atoms with E-state index in [9.17, 15) is 0 Å². The monoisotopic (exact) mass is 304 g/mol. The Bertz CT molecular complexity index is 327. The van der Waals surface area contributed by atoms with Gasteiger partial charge < -0.3 is 0 Å². The van der Waals surface area contributed by atoms with Gasteiger partial charge in [0.1, 0.15) is 0 Å². The maximum Gasteiger partial charge on any atom is -0.0350 e. The Balaban J connectivity index is 1.61. The quantitative estimate of drug-likeness (QED) is 0.509. The molecule has 3 rings (SSSR count). The molecule has 3 fully saturated rings. The van der Waals surface area contributed by atoms with Gasteiger partial charge in [-0.25, -0.2) is 0 Å². The minimum absolute atomic E-state index is 0.966. The van der Waals surface area contributed by atoms with Gasteiger partial charge in [0.15, 0.2) is 0 Å². The molecule has 0 aromatic carbocycles. The average molecular weight is 305 g/mol. The molecule has 3 aliphatic carbocycles. The predicted molar refractivity (Wildman–Crippen MR) is 96.9 cm³/mol. The van der Waals surface area contributed by atoms with Crippen LogP contribution in [0.1, 0.15) is 97.8 Å². The third-order valence-electron chi connectivity index (χ3n) is 7.75. The maximum absolute atomic E-state index is 2.59. The van der Waals surface area contributed by atoms with Crippen molar-refractivity contribution in [3.05, 3.63) is 0 Å². The molecule has 0 amide bonds. The van der Waals surface area contributed by atoms with Crippen LogP contribution in [-0.2, 0) is 0 Å². The summed E-state index contributed by atoms with van der Waals surface area (Å²) in [6.45, 7) is 7.46. The molecule has 6 atom stereocenters. The number of hydrogen-bond donors (Lipinski definition) is 0. The molecule has 0 bridgehead atoms. The highest BCUT2D eigenvalue weighted by Gasteiger charge is 2.46. The number of rotatable bonds is 5. The van der Waals surface area contributed by atoms with E-state index in [0.29, 0.717) is 0 Å². The summed E-state index contributed by atoms with van der Waals surface area (Å²) in [6, 6.07) is 0. The Kier molecular flexibility index (Phi) is 5.91. The summed E-state index contributed by atoms with van der Waals surface area (Å²) in [6.07, 6.45) is 18.4. The molecule has 0 nitrogen and oxygen atoms in total. The Hall–Kier alpha value is 0. The van der Waals surface area contributed by atoms with Crippen LogP contribution in [0.3, 0.4) is 0 Å². The summed E-state index contributed by atoms with van der Waals surface area (Å²) < 4.78 is 0. The highest BCUT2D eigenvalue weighted by Crippen LogP contribution is 2.55. The molecule has 3 saturated carbocycles. The highest BCUT2D eigenvalue weighted by molar-refractivity contribution is 4.95. The fourth-order valence-electron chi connectivity index (χ4n) is 6.89. The van der Waals surface area contributed by atoms with Crippen LogP contribution in [0.5, 0.6) is 0 Å². The van der Waals surface area contributed by atoms with Crippen molar-refractivity contribution in [2.45, 2.75) is 97.8 Å². The molecule has 128 valence electrons. The highest BCUT2D eigenvalue weighted by atomic mass is 14.5. The number of hydrogen-bond acceptors (Lipinski definition) is 0. The summed E-state index contributed by atoms with van der Waals surface area (Å²) in [7, 11) is 0. The van der Waals surface area contributed by atoms with Gasteiger partial charge in [-0.2, -0.15) is 0 Å². The van der Waals surface area contributed by atoms with E-state index in [2.05, 4.69) is 20.8 Å². The van der Waals surface area contributed by atoms with Crippen molar-refractivity contribution in [3.8, 4) is 0 Å². The molecule has 0 aromatic heterocycles. The Morgan fingerprint density at radius 1 is 0.864 bits per heavy atom. The van der Waals surface area contributed by atoms with E-state index in [1.54, 1.807) is 38.5 Å². The van der Waals surface area contributed by atoms with Crippen molar-refractivity contribution < 1.29 is 0 Å². The van der Waals surface area contributed by atoms with Crippen LogP contribution < -0.4 is 0 Å². The lowest BCUT2D eigenvalue weighted by molar-refractivity contribution is 0.0751. The summed E-state index contributed by atoms with van der Waals surface area (Å²) in [5, 5.41) is 0. The zero-order valence-electron chi connectivity index (χ0n) is 15.5. The van der Waals surface area contributed by atoms with Crippen molar-refractivity contribution >= 4 is 0 Å². The molecule has 22 heavy (non-hydrogen) atoms. The topological polar surface area (TPSA) is 0 Å². The van der Waals surface area contributed by atoms with Gasteiger partial charge >= 0.3 is 0 Å². The first-order valence-corrected chi connectivity index (χ1v) is 10.7. The molecule has 0 saturated heterocycles. The first-order valence-electron chi connectivity index (χ1n) is 10.7. The average Bonchev–Trinajstić information content (AvgIpc) is 2.92. The summed E-state index contributed by atoms with van der Waals surface area (Å²) in [4.78, 5) is 0. The van der Waals surface area contributed by atoms with Crippen LogP contribution in [0.2, 0.25) is 0 Å². The minimum atomic E-state index is 0.966. The second-order valence-corrected chi connectivity index (χ2v) is 9.41. The molecule has 0 heterocycles. The molecule has 6 unspecified atom stereocenters. The Morgan fingerprint density at radius 2 is 1.59 bits per heavy atom. The minimum Gasteiger partial charge on any atom is -0.0654 e. The van der Waals surface area contributed by atoms with Crippen molar-refractivity contribution in [1.29, 1.82) is 0 Å².